The van der Waals surface area contributed by atoms with Crippen LogP contribution in [0.25, 0.3) is 0 Å². The minimum Gasteiger partial charge on any atom is -0.480 e. The Bertz CT molecular complexity index is 1170. The number of nitrogens with one attached hydrogen (secondary N) is 2. The lowest BCUT2D eigenvalue weighted by molar-refractivity contribution is -0.168. The molecule has 10 atom stereocenters. The van der Waals surface area contributed by atoms with Gasteiger partial charge in [0, 0.05) is 48.6 Å². The average Bonchev–Trinajstić information content (AvgIpc) is 3.68. The summed E-state index contributed by atoms with van der Waals surface area (Å²) in [6, 6.07) is -0.846. The SMILES string of the molecule is C[C@@H](CC(=O)Cn1cnnn1)[C@H]1C(=O)N2C(C(=O)O)C(S[C@@H]3CN[C@H](C(=O)N4CCC5NCCCC5C4)C3)[C@H](C)[C@H]12. The third-order valence-corrected chi connectivity index (χ3v) is 11.7. The van der Waals surface area contributed by atoms with Crippen LogP contribution in [0.5, 0.6) is 0 Å². The Morgan fingerprint density at radius 1 is 1.24 bits per heavy atom. The summed E-state index contributed by atoms with van der Waals surface area (Å²) in [5.41, 5.74) is 0. The molecule has 13 nitrogen and oxygen atoms in total. The van der Waals surface area contributed by atoms with Crippen molar-refractivity contribution in [3.8, 4) is 0 Å². The van der Waals surface area contributed by atoms with Crippen LogP contribution in [0.4, 0.5) is 0 Å². The molecule has 1 aromatic rings. The summed E-state index contributed by atoms with van der Waals surface area (Å²) in [4.78, 5) is 55.3. The van der Waals surface area contributed by atoms with Crippen molar-refractivity contribution in [2.24, 2.45) is 23.7 Å². The largest absolute Gasteiger partial charge is 0.480 e. The number of piperidine rings is 2. The van der Waals surface area contributed by atoms with E-state index in [1.807, 2.05) is 18.7 Å². The van der Waals surface area contributed by atoms with E-state index in [-0.39, 0.29) is 70.9 Å². The number of carboxylic acids is 1. The highest BCUT2D eigenvalue weighted by Gasteiger charge is 2.64. The molecule has 1 aromatic heterocycles. The number of fused-ring (bicyclic) bond motifs is 2. The van der Waals surface area contributed by atoms with Crippen molar-refractivity contribution in [2.45, 2.75) is 87.2 Å². The predicted molar refractivity (Wildman–Crippen MR) is 149 cm³/mol. The second kappa shape index (κ2) is 11.6. The topological polar surface area (TPSA) is 163 Å². The molecule has 6 rings (SSSR count). The molecule has 0 bridgehead atoms. The van der Waals surface area contributed by atoms with Crippen molar-refractivity contribution in [3.63, 3.8) is 0 Å². The quantitative estimate of drug-likeness (QED) is 0.323. The third kappa shape index (κ3) is 5.38. The van der Waals surface area contributed by atoms with Crippen LogP contribution in [-0.2, 0) is 25.7 Å². The van der Waals surface area contributed by atoms with E-state index in [1.54, 1.807) is 16.7 Å². The highest BCUT2D eigenvalue weighted by molar-refractivity contribution is 8.00. The van der Waals surface area contributed by atoms with Gasteiger partial charge in [-0.2, -0.15) is 11.8 Å². The Morgan fingerprint density at radius 2 is 2.07 bits per heavy atom. The number of thioether (sulfide) groups is 1. The summed E-state index contributed by atoms with van der Waals surface area (Å²) in [6.07, 6.45) is 5.56. The van der Waals surface area contributed by atoms with Gasteiger partial charge in [0.2, 0.25) is 11.8 Å². The molecule has 0 aromatic carbocycles. The standard InChI is InChI=1S/C27H40N8O5S/c1-14(8-17(36)12-34-13-30-31-32-34)21-22-15(2)24(23(27(39)40)35(22)26(21)38)41-18-9-20(29-10-18)25(37)33-7-5-19-16(11-33)4-3-6-28-19/h13-16,18-24,28-29H,3-12H2,1-2H3,(H,39,40)/t14-,15+,16?,18-,19?,20-,21+,22+,23?,24?/m0/s1. The smallest absolute Gasteiger partial charge is 0.327 e. The molecule has 0 saturated carbocycles. The molecular formula is C27H40N8O5S. The van der Waals surface area contributed by atoms with E-state index in [2.05, 4.69) is 26.2 Å². The van der Waals surface area contributed by atoms with E-state index in [9.17, 15) is 24.3 Å². The Labute approximate surface area is 243 Å². The van der Waals surface area contributed by atoms with Gasteiger partial charge in [0.1, 0.15) is 18.9 Å². The van der Waals surface area contributed by atoms with Crippen LogP contribution in [0.2, 0.25) is 0 Å². The number of tetrazole rings is 1. The first-order valence-electron chi connectivity index (χ1n) is 14.9. The number of nitrogens with zero attached hydrogens (tertiary/aromatic N) is 6. The molecule has 41 heavy (non-hydrogen) atoms. The van der Waals surface area contributed by atoms with E-state index in [0.29, 0.717) is 24.9 Å². The normalized spacial score (nSPS) is 37.3. The van der Waals surface area contributed by atoms with Crippen LogP contribution in [0.1, 0.15) is 46.0 Å². The van der Waals surface area contributed by atoms with Crippen LogP contribution in [0, 0.1) is 23.7 Å². The molecule has 2 amide bonds. The number of ketones is 1. The molecule has 5 aliphatic rings. The zero-order valence-corrected chi connectivity index (χ0v) is 24.4. The summed E-state index contributed by atoms with van der Waals surface area (Å²) in [5.74, 6) is -1.21. The summed E-state index contributed by atoms with van der Waals surface area (Å²) >= 11 is 1.61. The van der Waals surface area contributed by atoms with Gasteiger partial charge in [0.25, 0.3) is 0 Å². The molecule has 5 fully saturated rings. The fraction of sp³-hybridized carbons (Fsp3) is 0.815. The van der Waals surface area contributed by atoms with E-state index >= 15 is 0 Å². The van der Waals surface area contributed by atoms with Gasteiger partial charge < -0.3 is 25.5 Å². The maximum absolute atomic E-state index is 13.4. The number of amides is 2. The number of aliphatic carboxylic acids is 1. The summed E-state index contributed by atoms with van der Waals surface area (Å²) < 4.78 is 1.36. The van der Waals surface area contributed by atoms with Crippen LogP contribution in [0.15, 0.2) is 6.33 Å². The molecule has 224 valence electrons. The van der Waals surface area contributed by atoms with E-state index in [1.165, 1.54) is 11.0 Å². The molecule has 0 radical (unpaired) electrons. The van der Waals surface area contributed by atoms with Gasteiger partial charge in [0.05, 0.1) is 12.0 Å². The van der Waals surface area contributed by atoms with Crippen molar-refractivity contribution >= 4 is 35.3 Å². The van der Waals surface area contributed by atoms with Crippen LogP contribution >= 0.6 is 11.8 Å². The van der Waals surface area contributed by atoms with E-state index in [0.717, 1.165) is 38.9 Å². The van der Waals surface area contributed by atoms with Crippen LogP contribution in [0.3, 0.4) is 0 Å². The Kier molecular flexibility index (Phi) is 8.07. The van der Waals surface area contributed by atoms with E-state index < -0.39 is 12.0 Å². The average molecular weight is 589 g/mol. The van der Waals surface area contributed by atoms with Crippen LogP contribution in [-0.4, -0.2) is 120 Å². The summed E-state index contributed by atoms with van der Waals surface area (Å²) in [6.45, 7) is 7.26. The molecule has 6 heterocycles. The lowest BCUT2D eigenvalue weighted by Crippen LogP contribution is -2.64. The molecule has 4 unspecified atom stereocenters. The second-order valence-corrected chi connectivity index (χ2v) is 14.1. The van der Waals surface area contributed by atoms with Gasteiger partial charge in [-0.1, -0.05) is 13.8 Å². The molecule has 5 saturated heterocycles. The molecule has 3 N–H and O–H groups in total. The number of carbonyl (C=O) groups excluding carboxylic acids is 3. The number of Topliss-reactive ketones (excluding diaryl/α,β-unsaturated/α-hetero) is 1. The number of likely N-dealkylation sites (tertiary alicyclic amines) is 1. The fourth-order valence-electron chi connectivity index (χ4n) is 8.00. The van der Waals surface area contributed by atoms with Crippen molar-refractivity contribution in [3.05, 3.63) is 6.33 Å². The first kappa shape index (κ1) is 28.5. The Balaban J connectivity index is 1.06. The minimum atomic E-state index is -0.992. The highest BCUT2D eigenvalue weighted by Crippen LogP contribution is 2.51. The van der Waals surface area contributed by atoms with Crippen molar-refractivity contribution in [2.75, 3.05) is 26.2 Å². The monoisotopic (exact) mass is 588 g/mol. The molecular weight excluding hydrogens is 548 g/mol. The predicted octanol–water partition coefficient (Wildman–Crippen LogP) is -0.369. The number of carbonyl (C=O) groups is 4. The number of rotatable bonds is 9. The van der Waals surface area contributed by atoms with Crippen LogP contribution < -0.4 is 10.6 Å². The zero-order chi connectivity index (χ0) is 28.8. The highest BCUT2D eigenvalue weighted by atomic mass is 32.2. The van der Waals surface area contributed by atoms with Gasteiger partial charge in [-0.25, -0.2) is 9.48 Å². The first-order valence-corrected chi connectivity index (χ1v) is 15.9. The van der Waals surface area contributed by atoms with Gasteiger partial charge in [-0.3, -0.25) is 14.4 Å². The maximum Gasteiger partial charge on any atom is 0.327 e. The maximum atomic E-state index is 13.4. The van der Waals surface area contributed by atoms with E-state index in [4.69, 9.17) is 0 Å². The van der Waals surface area contributed by atoms with Crippen molar-refractivity contribution in [1.82, 2.24) is 40.6 Å². The number of aromatic nitrogens is 4. The number of hydrogen-bond donors (Lipinski definition) is 3. The Hall–Kier alpha value is -2.58. The molecule has 5 aliphatic heterocycles. The molecule has 0 spiro atoms. The minimum absolute atomic E-state index is 0.0442. The van der Waals surface area contributed by atoms with Gasteiger partial charge >= 0.3 is 5.97 Å². The Morgan fingerprint density at radius 3 is 2.83 bits per heavy atom. The fourth-order valence-corrected chi connectivity index (χ4v) is 9.75. The zero-order valence-electron chi connectivity index (χ0n) is 23.6. The molecule has 0 aliphatic carbocycles. The summed E-state index contributed by atoms with van der Waals surface area (Å²) in [7, 11) is 0. The van der Waals surface area contributed by atoms with Gasteiger partial charge in [-0.05, 0) is 60.4 Å². The lowest BCUT2D eigenvalue weighted by atomic mass is 9.73. The molecule has 14 heteroatoms. The summed E-state index contributed by atoms with van der Waals surface area (Å²) in [5, 5.41) is 27.8. The van der Waals surface area contributed by atoms with Gasteiger partial charge in [0.15, 0.2) is 5.78 Å². The second-order valence-electron chi connectivity index (χ2n) is 12.6. The number of hydrogen-bond acceptors (Lipinski definition) is 10. The lowest BCUT2D eigenvalue weighted by Gasteiger charge is -2.48. The van der Waals surface area contributed by atoms with Crippen molar-refractivity contribution < 1.29 is 24.3 Å². The number of carboxylic acid groups (broad SMARTS) is 1. The first-order chi connectivity index (χ1) is 19.7. The third-order valence-electron chi connectivity index (χ3n) is 9.98. The van der Waals surface area contributed by atoms with Crippen molar-refractivity contribution in [1.29, 1.82) is 0 Å². The number of β-lactam (4-membered cyclic amide) rings is 1. The van der Waals surface area contributed by atoms with Gasteiger partial charge in [-0.15, -0.1) is 5.10 Å².